The lowest BCUT2D eigenvalue weighted by atomic mass is 9.94. The van der Waals surface area contributed by atoms with Crippen LogP contribution in [0.15, 0.2) is 48.5 Å². The second kappa shape index (κ2) is 7.61. The minimum absolute atomic E-state index is 0.0825. The van der Waals surface area contributed by atoms with Crippen LogP contribution in [0.1, 0.15) is 25.0 Å². The van der Waals surface area contributed by atoms with Crippen molar-refractivity contribution < 1.29 is 19.4 Å². The Bertz CT molecular complexity index is 622. The second-order valence-corrected chi connectivity index (χ2v) is 4.84. The Morgan fingerprint density at radius 2 is 1.91 bits per heavy atom. The first-order valence-corrected chi connectivity index (χ1v) is 7.22. The molecule has 2 aromatic carbocycles. The fourth-order valence-electron chi connectivity index (χ4n) is 2.31. The lowest BCUT2D eigenvalue weighted by molar-refractivity contribution is -0.145. The van der Waals surface area contributed by atoms with E-state index in [9.17, 15) is 9.90 Å². The molecule has 0 aromatic heterocycles. The average Bonchev–Trinajstić information content (AvgIpc) is 2.55. The van der Waals surface area contributed by atoms with Crippen LogP contribution in [0, 0.1) is 0 Å². The van der Waals surface area contributed by atoms with Crippen molar-refractivity contribution in [2.45, 2.75) is 19.4 Å². The molecule has 2 aromatic rings. The Hall–Kier alpha value is -2.33. The van der Waals surface area contributed by atoms with Crippen molar-refractivity contribution in [1.82, 2.24) is 0 Å². The van der Waals surface area contributed by atoms with Gasteiger partial charge in [0.05, 0.1) is 26.2 Å². The molecule has 1 atom stereocenters. The van der Waals surface area contributed by atoms with Crippen LogP contribution in [0.3, 0.4) is 0 Å². The molecule has 0 aliphatic heterocycles. The largest absolute Gasteiger partial charge is 0.497 e. The van der Waals surface area contributed by atoms with E-state index in [1.165, 1.54) is 0 Å². The first-order valence-electron chi connectivity index (χ1n) is 7.22. The van der Waals surface area contributed by atoms with Gasteiger partial charge in [-0.2, -0.15) is 0 Å². The zero-order valence-corrected chi connectivity index (χ0v) is 12.8. The number of aliphatic hydroxyl groups is 1. The summed E-state index contributed by atoms with van der Waals surface area (Å²) in [5.74, 6) is 0.217. The Balaban J connectivity index is 2.36. The van der Waals surface area contributed by atoms with E-state index in [1.807, 2.05) is 42.5 Å². The van der Waals surface area contributed by atoms with E-state index in [0.717, 1.165) is 11.1 Å². The van der Waals surface area contributed by atoms with Crippen molar-refractivity contribution in [3.8, 4) is 16.9 Å². The van der Waals surface area contributed by atoms with E-state index in [0.29, 0.717) is 17.9 Å². The minimum Gasteiger partial charge on any atom is -0.497 e. The van der Waals surface area contributed by atoms with Gasteiger partial charge in [0, 0.05) is 0 Å². The van der Waals surface area contributed by atoms with Gasteiger partial charge in [0.15, 0.2) is 0 Å². The van der Waals surface area contributed by atoms with Gasteiger partial charge in [0.2, 0.25) is 0 Å². The molecular formula is C18H20O4. The molecule has 1 unspecified atom stereocenters. The molecule has 0 radical (unpaired) electrons. The van der Waals surface area contributed by atoms with Crippen molar-refractivity contribution in [1.29, 1.82) is 0 Å². The highest BCUT2D eigenvalue weighted by molar-refractivity contribution is 5.73. The van der Waals surface area contributed by atoms with Crippen LogP contribution in [0.5, 0.6) is 5.75 Å². The first-order chi connectivity index (χ1) is 10.7. The summed E-state index contributed by atoms with van der Waals surface area (Å²) in [5, 5.41) is 10.4. The molecule has 4 heteroatoms. The average molecular weight is 300 g/mol. The van der Waals surface area contributed by atoms with Crippen molar-refractivity contribution in [3.63, 3.8) is 0 Å². The molecule has 0 fully saturated rings. The molecule has 0 saturated carbocycles. The Kier molecular flexibility index (Phi) is 5.55. The van der Waals surface area contributed by atoms with E-state index in [2.05, 4.69) is 0 Å². The molecule has 0 bridgehead atoms. The fraction of sp³-hybridized carbons (Fsp3) is 0.278. The standard InChI is InChI=1S/C18H20O4/c1-3-22-18(20)12-17(19)16-11-14(21-2)9-10-15(16)13-7-5-4-6-8-13/h4-11,17,19H,3,12H2,1-2H3. The molecule has 0 heterocycles. The van der Waals surface area contributed by atoms with Gasteiger partial charge in [-0.1, -0.05) is 36.4 Å². The monoisotopic (exact) mass is 300 g/mol. The predicted octanol–water partition coefficient (Wildman–Crippen LogP) is 3.35. The third-order valence-corrected chi connectivity index (χ3v) is 3.37. The third kappa shape index (κ3) is 3.86. The van der Waals surface area contributed by atoms with Crippen molar-refractivity contribution in [3.05, 3.63) is 54.1 Å². The molecule has 116 valence electrons. The number of carbonyl (C=O) groups is 1. The normalized spacial score (nSPS) is 11.8. The summed E-state index contributed by atoms with van der Waals surface area (Å²) in [7, 11) is 1.57. The summed E-state index contributed by atoms with van der Waals surface area (Å²) in [4.78, 5) is 11.6. The number of aliphatic hydroxyl groups excluding tert-OH is 1. The van der Waals surface area contributed by atoms with Crippen LogP contribution < -0.4 is 4.74 Å². The zero-order chi connectivity index (χ0) is 15.9. The molecular weight excluding hydrogens is 280 g/mol. The number of methoxy groups -OCH3 is 1. The van der Waals surface area contributed by atoms with Gasteiger partial charge < -0.3 is 14.6 Å². The van der Waals surface area contributed by atoms with Gasteiger partial charge in [-0.25, -0.2) is 0 Å². The predicted molar refractivity (Wildman–Crippen MR) is 84.6 cm³/mol. The summed E-state index contributed by atoms with van der Waals surface area (Å²) < 4.78 is 10.1. The summed E-state index contributed by atoms with van der Waals surface area (Å²) in [6, 6.07) is 15.2. The molecule has 2 rings (SSSR count). The molecule has 0 aliphatic rings. The topological polar surface area (TPSA) is 55.8 Å². The number of rotatable bonds is 6. The second-order valence-electron chi connectivity index (χ2n) is 4.84. The van der Waals surface area contributed by atoms with Gasteiger partial charge in [0.25, 0.3) is 0 Å². The number of hydrogen-bond acceptors (Lipinski definition) is 4. The van der Waals surface area contributed by atoms with Crippen molar-refractivity contribution in [2.75, 3.05) is 13.7 Å². The fourth-order valence-corrected chi connectivity index (χ4v) is 2.31. The number of ether oxygens (including phenoxy) is 2. The maximum absolute atomic E-state index is 11.6. The van der Waals surface area contributed by atoms with E-state index < -0.39 is 12.1 Å². The highest BCUT2D eigenvalue weighted by atomic mass is 16.5. The van der Waals surface area contributed by atoms with E-state index in [1.54, 1.807) is 20.1 Å². The number of esters is 1. The van der Waals surface area contributed by atoms with Crippen LogP contribution in [0.2, 0.25) is 0 Å². The van der Waals surface area contributed by atoms with Gasteiger partial charge in [-0.05, 0) is 35.7 Å². The quantitative estimate of drug-likeness (QED) is 0.831. The van der Waals surface area contributed by atoms with Gasteiger partial charge in [0.1, 0.15) is 5.75 Å². The van der Waals surface area contributed by atoms with Gasteiger partial charge in [-0.15, -0.1) is 0 Å². The Labute approximate surface area is 130 Å². The van der Waals surface area contributed by atoms with E-state index in [4.69, 9.17) is 9.47 Å². The number of carbonyl (C=O) groups excluding carboxylic acids is 1. The lowest BCUT2D eigenvalue weighted by Gasteiger charge is -2.16. The highest BCUT2D eigenvalue weighted by Crippen LogP contribution is 2.33. The van der Waals surface area contributed by atoms with Crippen LogP contribution in [0.25, 0.3) is 11.1 Å². The molecule has 0 spiro atoms. The van der Waals surface area contributed by atoms with Crippen molar-refractivity contribution >= 4 is 5.97 Å². The SMILES string of the molecule is CCOC(=O)CC(O)c1cc(OC)ccc1-c1ccccc1. The maximum Gasteiger partial charge on any atom is 0.308 e. The Morgan fingerprint density at radius 1 is 1.18 bits per heavy atom. The van der Waals surface area contributed by atoms with Crippen LogP contribution in [-0.4, -0.2) is 24.8 Å². The summed E-state index contributed by atoms with van der Waals surface area (Å²) in [6.07, 6.45) is -1.02. The molecule has 0 saturated heterocycles. The lowest BCUT2D eigenvalue weighted by Crippen LogP contribution is -2.11. The van der Waals surface area contributed by atoms with E-state index >= 15 is 0 Å². The summed E-state index contributed by atoms with van der Waals surface area (Å²) in [5.41, 5.74) is 2.50. The maximum atomic E-state index is 11.6. The van der Waals surface area contributed by atoms with Crippen LogP contribution >= 0.6 is 0 Å². The molecule has 0 amide bonds. The van der Waals surface area contributed by atoms with Gasteiger partial charge >= 0.3 is 5.97 Å². The molecule has 4 nitrogen and oxygen atoms in total. The summed E-state index contributed by atoms with van der Waals surface area (Å²) >= 11 is 0. The van der Waals surface area contributed by atoms with E-state index in [-0.39, 0.29) is 6.42 Å². The minimum atomic E-state index is -0.940. The number of benzene rings is 2. The first kappa shape index (κ1) is 16.0. The Morgan fingerprint density at radius 3 is 2.55 bits per heavy atom. The van der Waals surface area contributed by atoms with Crippen molar-refractivity contribution in [2.24, 2.45) is 0 Å². The van der Waals surface area contributed by atoms with Crippen LogP contribution in [0.4, 0.5) is 0 Å². The molecule has 1 N–H and O–H groups in total. The smallest absolute Gasteiger partial charge is 0.308 e. The zero-order valence-electron chi connectivity index (χ0n) is 12.8. The molecule has 22 heavy (non-hydrogen) atoms. The highest BCUT2D eigenvalue weighted by Gasteiger charge is 2.18. The van der Waals surface area contributed by atoms with Gasteiger partial charge in [-0.3, -0.25) is 4.79 Å². The summed E-state index contributed by atoms with van der Waals surface area (Å²) in [6.45, 7) is 2.04. The molecule has 0 aliphatic carbocycles. The number of hydrogen-bond donors (Lipinski definition) is 1. The van der Waals surface area contributed by atoms with Crippen LogP contribution in [-0.2, 0) is 9.53 Å². The third-order valence-electron chi connectivity index (χ3n) is 3.37.